The number of aliphatic hydroxyl groups excluding tert-OH is 1. The Labute approximate surface area is 110 Å². The van der Waals surface area contributed by atoms with Crippen LogP contribution in [-0.4, -0.2) is 28.2 Å². The number of hydrogen-bond acceptors (Lipinski definition) is 6. The van der Waals surface area contributed by atoms with Crippen molar-refractivity contribution in [3.05, 3.63) is 17.3 Å². The zero-order valence-electron chi connectivity index (χ0n) is 9.81. The highest BCUT2D eigenvalue weighted by molar-refractivity contribution is 6.32. The largest absolute Gasteiger partial charge is 0.396 e. The molecule has 6 N–H and O–H groups in total. The first-order chi connectivity index (χ1) is 8.60. The molecule has 2 unspecified atom stereocenters. The van der Waals surface area contributed by atoms with Gasteiger partial charge in [-0.15, -0.1) is 0 Å². The number of nitrogen functional groups attached to an aromatic ring is 2. The second-order valence-corrected chi connectivity index (χ2v) is 4.70. The molecular formula is C11H16ClN5O. The Balaban J connectivity index is 1.97. The van der Waals surface area contributed by atoms with Gasteiger partial charge in [0.1, 0.15) is 5.69 Å². The van der Waals surface area contributed by atoms with Crippen LogP contribution in [-0.2, 0) is 0 Å². The van der Waals surface area contributed by atoms with Crippen LogP contribution in [0.5, 0.6) is 0 Å². The van der Waals surface area contributed by atoms with Crippen LogP contribution in [0.1, 0.15) is 6.42 Å². The first-order valence-electron chi connectivity index (χ1n) is 5.71. The van der Waals surface area contributed by atoms with Crippen LogP contribution in [0.15, 0.2) is 12.2 Å². The Bertz CT molecular complexity index is 465. The zero-order chi connectivity index (χ0) is 13.1. The zero-order valence-corrected chi connectivity index (χ0v) is 10.6. The summed E-state index contributed by atoms with van der Waals surface area (Å²) >= 11 is 5.82. The van der Waals surface area contributed by atoms with Gasteiger partial charge in [-0.05, 0) is 12.3 Å². The van der Waals surface area contributed by atoms with Crippen molar-refractivity contribution in [1.82, 2.24) is 9.97 Å². The highest BCUT2D eigenvalue weighted by atomic mass is 35.5. The lowest BCUT2D eigenvalue weighted by atomic mass is 10.0. The molecule has 0 aromatic carbocycles. The van der Waals surface area contributed by atoms with Gasteiger partial charge in [-0.2, -0.15) is 9.97 Å². The van der Waals surface area contributed by atoms with Gasteiger partial charge < -0.3 is 21.9 Å². The molecule has 0 fully saturated rings. The van der Waals surface area contributed by atoms with E-state index in [0.29, 0.717) is 24.0 Å². The third-order valence-corrected chi connectivity index (χ3v) is 3.23. The minimum atomic E-state index is 0.0897. The first-order valence-corrected chi connectivity index (χ1v) is 6.09. The molecule has 2 rings (SSSR count). The van der Waals surface area contributed by atoms with Crippen LogP contribution in [0.4, 0.5) is 17.5 Å². The van der Waals surface area contributed by atoms with Gasteiger partial charge in [-0.3, -0.25) is 0 Å². The maximum Gasteiger partial charge on any atom is 0.223 e. The van der Waals surface area contributed by atoms with Crippen molar-refractivity contribution in [3.8, 4) is 0 Å². The molecule has 18 heavy (non-hydrogen) atoms. The number of anilines is 3. The number of aliphatic hydroxyl groups is 1. The number of nitrogens with one attached hydrogen (secondary N) is 1. The second kappa shape index (κ2) is 5.41. The lowest BCUT2D eigenvalue weighted by Gasteiger charge is -2.13. The smallest absolute Gasteiger partial charge is 0.223 e. The van der Waals surface area contributed by atoms with Gasteiger partial charge in [-0.25, -0.2) is 0 Å². The fourth-order valence-corrected chi connectivity index (χ4v) is 2.14. The van der Waals surface area contributed by atoms with Crippen molar-refractivity contribution in [3.63, 3.8) is 0 Å². The van der Waals surface area contributed by atoms with E-state index < -0.39 is 0 Å². The predicted molar refractivity (Wildman–Crippen MR) is 72.2 cm³/mol. The van der Waals surface area contributed by atoms with Gasteiger partial charge in [0.25, 0.3) is 0 Å². The highest BCUT2D eigenvalue weighted by Gasteiger charge is 2.18. The van der Waals surface area contributed by atoms with Gasteiger partial charge in [-0.1, -0.05) is 23.8 Å². The van der Waals surface area contributed by atoms with Crippen LogP contribution in [0.2, 0.25) is 5.15 Å². The maximum atomic E-state index is 9.04. The quantitative estimate of drug-likeness (QED) is 0.477. The molecule has 0 saturated carbocycles. The molecule has 7 heteroatoms. The third-order valence-electron chi connectivity index (χ3n) is 2.94. The fourth-order valence-electron chi connectivity index (χ4n) is 1.97. The topological polar surface area (TPSA) is 110 Å². The molecule has 6 nitrogen and oxygen atoms in total. The SMILES string of the molecule is Nc1nc(Cl)c(N)c(NCC2C=CC(CO)C2)n1. The van der Waals surface area contributed by atoms with E-state index in [9.17, 15) is 0 Å². The van der Waals surface area contributed by atoms with Crippen molar-refractivity contribution in [1.29, 1.82) is 0 Å². The van der Waals surface area contributed by atoms with Crippen LogP contribution in [0.25, 0.3) is 0 Å². The standard InChI is InChI=1S/C11H16ClN5O/c12-9-8(13)10(17-11(14)16-9)15-4-6-1-2-7(3-6)5-18/h1-2,6-7,18H,3-5,13H2,(H3,14,15,16,17). The van der Waals surface area contributed by atoms with E-state index in [0.717, 1.165) is 6.42 Å². The lowest BCUT2D eigenvalue weighted by molar-refractivity contribution is 0.245. The summed E-state index contributed by atoms with van der Waals surface area (Å²) in [5, 5.41) is 12.3. The summed E-state index contributed by atoms with van der Waals surface area (Å²) in [4.78, 5) is 7.77. The molecule has 0 amide bonds. The van der Waals surface area contributed by atoms with Crippen molar-refractivity contribution in [2.24, 2.45) is 11.8 Å². The summed E-state index contributed by atoms with van der Waals surface area (Å²) in [7, 11) is 0. The van der Waals surface area contributed by atoms with E-state index in [4.69, 9.17) is 28.2 Å². The molecule has 1 aliphatic rings. The van der Waals surface area contributed by atoms with Gasteiger partial charge in [0, 0.05) is 19.1 Å². The minimum absolute atomic E-state index is 0.0897. The Morgan fingerprint density at radius 2 is 2.06 bits per heavy atom. The lowest BCUT2D eigenvalue weighted by Crippen LogP contribution is -2.15. The Morgan fingerprint density at radius 1 is 1.33 bits per heavy atom. The molecule has 0 bridgehead atoms. The number of rotatable bonds is 4. The molecular weight excluding hydrogens is 254 g/mol. The molecule has 0 saturated heterocycles. The van der Waals surface area contributed by atoms with Gasteiger partial charge >= 0.3 is 0 Å². The Morgan fingerprint density at radius 3 is 2.72 bits per heavy atom. The number of nitrogens with zero attached hydrogens (tertiary/aromatic N) is 2. The third kappa shape index (κ3) is 2.83. The number of aromatic nitrogens is 2. The van der Waals surface area contributed by atoms with E-state index in [2.05, 4.69) is 21.4 Å². The molecule has 0 aliphatic heterocycles. The van der Waals surface area contributed by atoms with Crippen molar-refractivity contribution in [2.45, 2.75) is 6.42 Å². The van der Waals surface area contributed by atoms with Crippen LogP contribution < -0.4 is 16.8 Å². The van der Waals surface area contributed by atoms with Crippen molar-refractivity contribution >= 4 is 29.1 Å². The van der Waals surface area contributed by atoms with Crippen molar-refractivity contribution < 1.29 is 5.11 Å². The van der Waals surface area contributed by atoms with Crippen molar-refractivity contribution in [2.75, 3.05) is 29.9 Å². The first kappa shape index (κ1) is 12.9. The summed E-state index contributed by atoms with van der Waals surface area (Å²) in [6, 6.07) is 0. The molecule has 1 heterocycles. The summed E-state index contributed by atoms with van der Waals surface area (Å²) in [6.07, 6.45) is 5.02. The molecule has 1 aromatic heterocycles. The molecule has 98 valence electrons. The van der Waals surface area contributed by atoms with E-state index in [1.54, 1.807) is 0 Å². The van der Waals surface area contributed by atoms with Gasteiger partial charge in [0.2, 0.25) is 5.95 Å². The van der Waals surface area contributed by atoms with Crippen LogP contribution >= 0.6 is 11.6 Å². The maximum absolute atomic E-state index is 9.04. The summed E-state index contributed by atoms with van der Waals surface area (Å²) < 4.78 is 0. The summed E-state index contributed by atoms with van der Waals surface area (Å²) in [6.45, 7) is 0.853. The average Bonchev–Trinajstić information content (AvgIpc) is 2.80. The average molecular weight is 270 g/mol. The van der Waals surface area contributed by atoms with Gasteiger partial charge in [0.05, 0.1) is 0 Å². The highest BCUT2D eigenvalue weighted by Crippen LogP contribution is 2.27. The minimum Gasteiger partial charge on any atom is -0.396 e. The fraction of sp³-hybridized carbons (Fsp3) is 0.455. The summed E-state index contributed by atoms with van der Waals surface area (Å²) in [5.74, 6) is 1.13. The van der Waals surface area contributed by atoms with E-state index in [1.807, 2.05) is 6.08 Å². The van der Waals surface area contributed by atoms with E-state index in [-0.39, 0.29) is 23.6 Å². The molecule has 1 aliphatic carbocycles. The van der Waals surface area contributed by atoms with E-state index >= 15 is 0 Å². The normalized spacial score (nSPS) is 22.3. The number of halogens is 1. The van der Waals surface area contributed by atoms with Gasteiger partial charge in [0.15, 0.2) is 11.0 Å². The number of nitrogens with two attached hydrogens (primary N) is 2. The molecule has 0 radical (unpaired) electrons. The van der Waals surface area contributed by atoms with Crippen LogP contribution in [0, 0.1) is 11.8 Å². The Hall–Kier alpha value is -1.53. The molecule has 0 spiro atoms. The molecule has 1 aromatic rings. The number of hydrogen-bond donors (Lipinski definition) is 4. The second-order valence-electron chi connectivity index (χ2n) is 4.34. The van der Waals surface area contributed by atoms with E-state index in [1.165, 1.54) is 0 Å². The summed E-state index contributed by atoms with van der Waals surface area (Å²) in [5.41, 5.74) is 11.6. The molecule has 2 atom stereocenters. The Kier molecular flexibility index (Phi) is 3.88. The monoisotopic (exact) mass is 269 g/mol. The predicted octanol–water partition coefficient (Wildman–Crippen LogP) is 0.891. The van der Waals surface area contributed by atoms with Crippen LogP contribution in [0.3, 0.4) is 0 Å².